The summed E-state index contributed by atoms with van der Waals surface area (Å²) >= 11 is 1.73. The van der Waals surface area contributed by atoms with Crippen molar-refractivity contribution in [2.45, 2.75) is 25.8 Å². The summed E-state index contributed by atoms with van der Waals surface area (Å²) in [4.78, 5) is 17.6. The number of nitrogens with one attached hydrogen (secondary N) is 2. The Labute approximate surface area is 155 Å². The van der Waals surface area contributed by atoms with E-state index in [0.29, 0.717) is 19.0 Å². The Morgan fingerprint density at radius 3 is 2.48 bits per heavy atom. The van der Waals surface area contributed by atoms with Crippen molar-refractivity contribution in [1.82, 2.24) is 19.8 Å². The third-order valence-electron chi connectivity index (χ3n) is 4.02. The van der Waals surface area contributed by atoms with Gasteiger partial charge < -0.3 is 15.5 Å². The Hall–Kier alpha value is -1.00. The van der Waals surface area contributed by atoms with Crippen LogP contribution in [0.4, 0.5) is 0 Å². The number of aliphatic imine (C=N–C) groups is 1. The van der Waals surface area contributed by atoms with Crippen LogP contribution in [0.1, 0.15) is 19.8 Å². The molecular weight excluding hydrogens is 362 g/mol. The molecule has 1 heterocycles. The predicted octanol–water partition coefficient (Wildman–Crippen LogP) is -0.213. The van der Waals surface area contributed by atoms with Gasteiger partial charge in [-0.05, 0) is 26.0 Å². The molecule has 1 aliphatic heterocycles. The predicted molar refractivity (Wildman–Crippen MR) is 105 cm³/mol. The molecule has 0 atom stereocenters. The average Bonchev–Trinajstić information content (AvgIpc) is 2.59. The van der Waals surface area contributed by atoms with Gasteiger partial charge in [0.05, 0.1) is 5.75 Å². The maximum Gasteiger partial charge on any atom is 0.243 e. The Bertz CT molecular complexity index is 543. The quantitative estimate of drug-likeness (QED) is 0.337. The van der Waals surface area contributed by atoms with Crippen molar-refractivity contribution in [2.75, 3.05) is 58.0 Å². The minimum Gasteiger partial charge on any atom is -0.356 e. The standard InChI is InChI=1S/C15H31N5O3S2/c1-5-25(22,23)20-9-6-13(7-10-20)18-15(16-8-11-24-4)17-12-14(21)19(2)3/h13H,5-12H2,1-4H3,(H2,16,17,18). The number of nitrogens with zero attached hydrogens (tertiary/aromatic N) is 3. The number of amides is 1. The van der Waals surface area contributed by atoms with Crippen LogP contribution in [0.3, 0.4) is 0 Å². The number of carbonyl (C=O) groups excluding carboxylic acids is 1. The molecule has 10 heteroatoms. The molecule has 1 rings (SSSR count). The van der Waals surface area contributed by atoms with Gasteiger partial charge in [-0.15, -0.1) is 0 Å². The van der Waals surface area contributed by atoms with Gasteiger partial charge in [0.25, 0.3) is 0 Å². The summed E-state index contributed by atoms with van der Waals surface area (Å²) in [6.45, 7) is 3.55. The first kappa shape index (κ1) is 22.0. The lowest BCUT2D eigenvalue weighted by molar-refractivity contribution is -0.127. The van der Waals surface area contributed by atoms with E-state index >= 15 is 0 Å². The first-order valence-corrected chi connectivity index (χ1v) is 11.5. The molecule has 1 aliphatic rings. The van der Waals surface area contributed by atoms with Crippen molar-refractivity contribution in [3.05, 3.63) is 0 Å². The van der Waals surface area contributed by atoms with Crippen LogP contribution in [0, 0.1) is 0 Å². The lowest BCUT2D eigenvalue weighted by Crippen LogP contribution is -2.50. The first-order valence-electron chi connectivity index (χ1n) is 8.52. The van der Waals surface area contributed by atoms with E-state index in [4.69, 9.17) is 0 Å². The number of likely N-dealkylation sites (N-methyl/N-ethyl adjacent to an activating group) is 1. The lowest BCUT2D eigenvalue weighted by atomic mass is 10.1. The summed E-state index contributed by atoms with van der Waals surface area (Å²) in [5.41, 5.74) is 0. The van der Waals surface area contributed by atoms with Gasteiger partial charge in [-0.3, -0.25) is 4.79 Å². The summed E-state index contributed by atoms with van der Waals surface area (Å²) in [6.07, 6.45) is 3.49. The van der Waals surface area contributed by atoms with Gasteiger partial charge in [0.1, 0.15) is 6.54 Å². The van der Waals surface area contributed by atoms with Gasteiger partial charge >= 0.3 is 0 Å². The number of sulfonamides is 1. The fraction of sp³-hybridized carbons (Fsp3) is 0.867. The van der Waals surface area contributed by atoms with Crippen LogP contribution in [0.15, 0.2) is 4.99 Å². The number of hydrogen-bond donors (Lipinski definition) is 2. The highest BCUT2D eigenvalue weighted by Gasteiger charge is 2.27. The van der Waals surface area contributed by atoms with E-state index in [1.807, 2.05) is 6.26 Å². The summed E-state index contributed by atoms with van der Waals surface area (Å²) in [7, 11) is 0.294. The zero-order valence-electron chi connectivity index (χ0n) is 15.6. The van der Waals surface area contributed by atoms with E-state index in [1.165, 1.54) is 4.90 Å². The van der Waals surface area contributed by atoms with Crippen molar-refractivity contribution in [3.8, 4) is 0 Å². The van der Waals surface area contributed by atoms with Gasteiger partial charge in [0.15, 0.2) is 5.96 Å². The molecule has 0 unspecified atom stereocenters. The molecule has 146 valence electrons. The van der Waals surface area contributed by atoms with Crippen LogP contribution in [-0.2, 0) is 14.8 Å². The number of rotatable bonds is 8. The zero-order chi connectivity index (χ0) is 18.9. The maximum atomic E-state index is 11.9. The molecule has 0 aromatic carbocycles. The molecule has 2 N–H and O–H groups in total. The summed E-state index contributed by atoms with van der Waals surface area (Å²) < 4.78 is 25.4. The van der Waals surface area contributed by atoms with Crippen LogP contribution in [0.25, 0.3) is 0 Å². The number of carbonyl (C=O) groups is 1. The van der Waals surface area contributed by atoms with E-state index in [9.17, 15) is 13.2 Å². The molecule has 0 aromatic heterocycles. The normalized spacial score (nSPS) is 17.4. The van der Waals surface area contributed by atoms with Gasteiger partial charge in [-0.2, -0.15) is 11.8 Å². The topological polar surface area (TPSA) is 94.1 Å². The van der Waals surface area contributed by atoms with Gasteiger partial charge in [-0.1, -0.05) is 0 Å². The Morgan fingerprint density at radius 2 is 1.96 bits per heavy atom. The van der Waals surface area contributed by atoms with Gasteiger partial charge in [0.2, 0.25) is 15.9 Å². The molecule has 8 nitrogen and oxygen atoms in total. The third-order valence-corrected chi connectivity index (χ3v) is 6.52. The van der Waals surface area contributed by atoms with Crippen molar-refractivity contribution in [1.29, 1.82) is 0 Å². The second-order valence-corrected chi connectivity index (χ2v) is 9.33. The zero-order valence-corrected chi connectivity index (χ0v) is 17.3. The van der Waals surface area contributed by atoms with Gasteiger partial charge in [-0.25, -0.2) is 17.7 Å². The monoisotopic (exact) mass is 393 g/mol. The summed E-state index contributed by atoms with van der Waals surface area (Å²) in [5, 5.41) is 6.57. The molecule has 0 aromatic rings. The number of piperidine rings is 1. The minimum absolute atomic E-state index is 0.0603. The van der Waals surface area contributed by atoms with Crippen molar-refractivity contribution >= 4 is 33.7 Å². The minimum atomic E-state index is -3.11. The molecule has 1 amide bonds. The molecule has 25 heavy (non-hydrogen) atoms. The molecule has 1 fully saturated rings. The molecule has 0 saturated carbocycles. The molecule has 0 spiro atoms. The van der Waals surface area contributed by atoms with E-state index < -0.39 is 10.0 Å². The molecule has 0 radical (unpaired) electrons. The molecule has 0 aliphatic carbocycles. The highest BCUT2D eigenvalue weighted by atomic mass is 32.2. The lowest BCUT2D eigenvalue weighted by Gasteiger charge is -2.32. The summed E-state index contributed by atoms with van der Waals surface area (Å²) in [6, 6.07) is 0.151. The number of hydrogen-bond acceptors (Lipinski definition) is 5. The fourth-order valence-corrected chi connectivity index (χ4v) is 3.80. The van der Waals surface area contributed by atoms with Crippen LogP contribution in [0.2, 0.25) is 0 Å². The summed E-state index contributed by atoms with van der Waals surface area (Å²) in [5.74, 6) is 1.63. The van der Waals surface area contributed by atoms with E-state index in [-0.39, 0.29) is 24.2 Å². The average molecular weight is 394 g/mol. The first-order chi connectivity index (χ1) is 11.8. The van der Waals surface area contributed by atoms with Crippen LogP contribution in [-0.4, -0.2) is 93.6 Å². The molecule has 1 saturated heterocycles. The number of thioether (sulfide) groups is 1. The molecular formula is C15H31N5O3S2. The second kappa shape index (κ2) is 10.9. The number of guanidine groups is 1. The smallest absolute Gasteiger partial charge is 0.243 e. The van der Waals surface area contributed by atoms with Gasteiger partial charge in [0, 0.05) is 45.5 Å². The third kappa shape index (κ3) is 7.83. The highest BCUT2D eigenvalue weighted by Crippen LogP contribution is 2.14. The van der Waals surface area contributed by atoms with E-state index in [2.05, 4.69) is 15.6 Å². The Morgan fingerprint density at radius 1 is 1.32 bits per heavy atom. The van der Waals surface area contributed by atoms with Crippen molar-refractivity contribution in [3.63, 3.8) is 0 Å². The van der Waals surface area contributed by atoms with E-state index in [1.54, 1.807) is 37.1 Å². The molecule has 0 bridgehead atoms. The van der Waals surface area contributed by atoms with Crippen LogP contribution < -0.4 is 10.6 Å². The van der Waals surface area contributed by atoms with Crippen LogP contribution in [0.5, 0.6) is 0 Å². The van der Waals surface area contributed by atoms with Crippen LogP contribution >= 0.6 is 11.8 Å². The Kier molecular flexibility index (Phi) is 9.58. The van der Waals surface area contributed by atoms with E-state index in [0.717, 1.165) is 25.1 Å². The maximum absolute atomic E-state index is 11.9. The SMILES string of the molecule is CCS(=O)(=O)N1CCC(NC(=NCC(=O)N(C)C)NCCSC)CC1. The highest BCUT2D eigenvalue weighted by molar-refractivity contribution is 7.98. The van der Waals surface area contributed by atoms with Crippen molar-refractivity contribution < 1.29 is 13.2 Å². The second-order valence-electron chi connectivity index (χ2n) is 6.09. The Balaban J connectivity index is 2.59. The largest absolute Gasteiger partial charge is 0.356 e. The van der Waals surface area contributed by atoms with Crippen molar-refractivity contribution in [2.24, 2.45) is 4.99 Å². The fourth-order valence-electron chi connectivity index (χ4n) is 2.37.